The number of halogens is 1. The van der Waals surface area contributed by atoms with Gasteiger partial charge in [-0.1, -0.05) is 0 Å². The lowest BCUT2D eigenvalue weighted by molar-refractivity contribution is -0.119. The zero-order chi connectivity index (χ0) is 22.8. The zero-order valence-corrected chi connectivity index (χ0v) is 18.3. The van der Waals surface area contributed by atoms with E-state index in [1.54, 1.807) is 17.0 Å². The normalized spacial score (nSPS) is 19.3. The van der Waals surface area contributed by atoms with Crippen molar-refractivity contribution in [1.82, 2.24) is 10.2 Å². The summed E-state index contributed by atoms with van der Waals surface area (Å²) in [5, 5.41) is 2.66. The molecule has 31 heavy (non-hydrogen) atoms. The predicted octanol–water partition coefficient (Wildman–Crippen LogP) is 2.34. The number of carbonyl (C=O) groups is 3. The van der Waals surface area contributed by atoms with E-state index in [0.29, 0.717) is 37.6 Å². The Labute approximate surface area is 181 Å². The van der Waals surface area contributed by atoms with E-state index < -0.39 is 23.6 Å². The Morgan fingerprint density at radius 3 is 2.48 bits per heavy atom. The van der Waals surface area contributed by atoms with Crippen LogP contribution in [0, 0.1) is 5.82 Å². The molecule has 1 aromatic carbocycles. The van der Waals surface area contributed by atoms with Crippen LogP contribution in [0.5, 0.6) is 0 Å². The summed E-state index contributed by atoms with van der Waals surface area (Å²) in [5.74, 6) is -0.687. The van der Waals surface area contributed by atoms with E-state index in [-0.39, 0.29) is 25.2 Å². The third kappa shape index (κ3) is 5.56. The molecule has 2 aliphatic rings. The van der Waals surface area contributed by atoms with E-state index in [2.05, 4.69) is 5.32 Å². The Balaban J connectivity index is 1.65. The van der Waals surface area contributed by atoms with Crippen LogP contribution in [0.1, 0.15) is 27.7 Å². The number of nitrogens with zero attached hydrogens (tertiary/aromatic N) is 3. The van der Waals surface area contributed by atoms with Gasteiger partial charge in [-0.2, -0.15) is 0 Å². The lowest BCUT2D eigenvalue weighted by Gasteiger charge is -2.37. The smallest absolute Gasteiger partial charge is 0.414 e. The van der Waals surface area contributed by atoms with E-state index in [1.165, 1.54) is 17.9 Å². The SMILES string of the molecule is CC(=O)NCC1COC(=O)N1c1ccc(N2CCN(C(=O)OC(C)(C)C)CC2)c(F)c1. The number of carbonyl (C=O) groups excluding carboxylic acids is 3. The summed E-state index contributed by atoms with van der Waals surface area (Å²) < 4.78 is 25.4. The molecule has 2 fully saturated rings. The van der Waals surface area contributed by atoms with Crippen LogP contribution in [0.3, 0.4) is 0 Å². The van der Waals surface area contributed by atoms with Crippen LogP contribution < -0.4 is 15.1 Å². The number of hydrogen-bond donors (Lipinski definition) is 1. The lowest BCUT2D eigenvalue weighted by Crippen LogP contribution is -2.50. The van der Waals surface area contributed by atoms with Gasteiger partial charge in [-0.25, -0.2) is 14.0 Å². The van der Waals surface area contributed by atoms with Crippen molar-refractivity contribution in [2.24, 2.45) is 0 Å². The molecule has 1 atom stereocenters. The number of cyclic esters (lactones) is 1. The second-order valence-corrected chi connectivity index (χ2v) is 8.63. The molecule has 2 saturated heterocycles. The molecule has 170 valence electrons. The van der Waals surface area contributed by atoms with Crippen molar-refractivity contribution in [3.8, 4) is 0 Å². The van der Waals surface area contributed by atoms with Gasteiger partial charge >= 0.3 is 12.2 Å². The van der Waals surface area contributed by atoms with E-state index in [9.17, 15) is 18.8 Å². The number of benzene rings is 1. The summed E-state index contributed by atoms with van der Waals surface area (Å²) >= 11 is 0. The Hall–Kier alpha value is -3.04. The summed E-state index contributed by atoms with van der Waals surface area (Å²) in [5.41, 5.74) is 0.204. The van der Waals surface area contributed by atoms with Gasteiger partial charge in [0.05, 0.1) is 17.4 Å². The third-order valence-electron chi connectivity index (χ3n) is 5.03. The highest BCUT2D eigenvalue weighted by Crippen LogP contribution is 2.29. The topological polar surface area (TPSA) is 91.4 Å². The molecule has 2 heterocycles. The highest BCUT2D eigenvalue weighted by molar-refractivity contribution is 5.90. The number of anilines is 2. The maximum atomic E-state index is 14.9. The maximum Gasteiger partial charge on any atom is 0.414 e. The van der Waals surface area contributed by atoms with Crippen LogP contribution >= 0.6 is 0 Å². The van der Waals surface area contributed by atoms with E-state index in [4.69, 9.17) is 9.47 Å². The summed E-state index contributed by atoms with van der Waals surface area (Å²) in [6, 6.07) is 4.17. The summed E-state index contributed by atoms with van der Waals surface area (Å²) in [4.78, 5) is 40.3. The minimum Gasteiger partial charge on any atom is -0.447 e. The Kier molecular flexibility index (Phi) is 6.56. The fraction of sp³-hybridized carbons (Fsp3) is 0.571. The highest BCUT2D eigenvalue weighted by Gasteiger charge is 2.35. The van der Waals surface area contributed by atoms with Crippen LogP contribution in [0.15, 0.2) is 18.2 Å². The molecule has 1 unspecified atom stereocenters. The maximum absolute atomic E-state index is 14.9. The molecular formula is C21H29FN4O5. The molecule has 9 nitrogen and oxygen atoms in total. The van der Waals surface area contributed by atoms with E-state index in [0.717, 1.165) is 0 Å². The quantitative estimate of drug-likeness (QED) is 0.779. The van der Waals surface area contributed by atoms with Crippen molar-refractivity contribution in [3.05, 3.63) is 24.0 Å². The molecule has 10 heteroatoms. The standard InChI is InChI=1S/C21H29FN4O5/c1-14(27)23-12-16-13-30-20(29)26(16)15-5-6-18(17(22)11-15)24-7-9-25(10-8-24)19(28)31-21(2,3)4/h5-6,11,16H,7-10,12-13H2,1-4H3,(H,23,27). The lowest BCUT2D eigenvalue weighted by atomic mass is 10.2. The van der Waals surface area contributed by atoms with Crippen LogP contribution in [0.4, 0.5) is 25.4 Å². The van der Waals surface area contributed by atoms with Crippen LogP contribution in [-0.4, -0.2) is 74.0 Å². The second-order valence-electron chi connectivity index (χ2n) is 8.63. The van der Waals surface area contributed by atoms with Crippen molar-refractivity contribution in [2.45, 2.75) is 39.3 Å². The van der Waals surface area contributed by atoms with E-state index >= 15 is 0 Å². The molecule has 1 N–H and O–H groups in total. The average Bonchev–Trinajstić information content (AvgIpc) is 3.05. The molecule has 3 rings (SSSR count). The number of rotatable bonds is 4. The van der Waals surface area contributed by atoms with Crippen LogP contribution in [-0.2, 0) is 14.3 Å². The largest absolute Gasteiger partial charge is 0.447 e. The fourth-order valence-corrected chi connectivity index (χ4v) is 3.55. The Morgan fingerprint density at radius 1 is 1.23 bits per heavy atom. The highest BCUT2D eigenvalue weighted by atomic mass is 19.1. The first-order valence-electron chi connectivity index (χ1n) is 10.3. The van der Waals surface area contributed by atoms with Crippen molar-refractivity contribution in [3.63, 3.8) is 0 Å². The molecule has 0 bridgehead atoms. The summed E-state index contributed by atoms with van der Waals surface area (Å²) in [6.45, 7) is 8.95. The first kappa shape index (κ1) is 22.6. The van der Waals surface area contributed by atoms with Gasteiger partial charge < -0.3 is 24.6 Å². The molecule has 0 saturated carbocycles. The number of ether oxygens (including phenoxy) is 2. The minimum absolute atomic E-state index is 0.120. The molecule has 2 aliphatic heterocycles. The molecule has 0 spiro atoms. The molecule has 3 amide bonds. The number of amides is 3. The predicted molar refractivity (Wildman–Crippen MR) is 113 cm³/mol. The monoisotopic (exact) mass is 436 g/mol. The first-order chi connectivity index (χ1) is 14.5. The number of piperazine rings is 1. The Morgan fingerprint density at radius 2 is 1.90 bits per heavy atom. The average molecular weight is 436 g/mol. The summed E-state index contributed by atoms with van der Waals surface area (Å²) in [7, 11) is 0. The molecular weight excluding hydrogens is 407 g/mol. The first-order valence-corrected chi connectivity index (χ1v) is 10.3. The summed E-state index contributed by atoms with van der Waals surface area (Å²) in [6.07, 6.45) is -0.950. The molecule has 0 aromatic heterocycles. The fourth-order valence-electron chi connectivity index (χ4n) is 3.55. The zero-order valence-electron chi connectivity index (χ0n) is 18.3. The van der Waals surface area contributed by atoms with Crippen LogP contribution in [0.25, 0.3) is 0 Å². The van der Waals surface area contributed by atoms with Gasteiger partial charge in [-0.3, -0.25) is 9.69 Å². The van der Waals surface area contributed by atoms with Gasteiger partial charge in [-0.15, -0.1) is 0 Å². The van der Waals surface area contributed by atoms with Gasteiger partial charge in [0.25, 0.3) is 0 Å². The van der Waals surface area contributed by atoms with Crippen LogP contribution in [0.2, 0.25) is 0 Å². The van der Waals surface area contributed by atoms with Crippen molar-refractivity contribution >= 4 is 29.5 Å². The molecule has 0 aliphatic carbocycles. The molecule has 0 radical (unpaired) electrons. The van der Waals surface area contributed by atoms with Gasteiger partial charge in [0.15, 0.2) is 0 Å². The molecule has 1 aromatic rings. The van der Waals surface area contributed by atoms with Crippen molar-refractivity contribution in [2.75, 3.05) is 49.1 Å². The van der Waals surface area contributed by atoms with Gasteiger partial charge in [0.1, 0.15) is 18.0 Å². The van der Waals surface area contributed by atoms with Gasteiger partial charge in [-0.05, 0) is 39.0 Å². The Bertz CT molecular complexity index is 849. The van der Waals surface area contributed by atoms with E-state index in [1.807, 2.05) is 25.7 Å². The second kappa shape index (κ2) is 8.99. The van der Waals surface area contributed by atoms with Gasteiger partial charge in [0.2, 0.25) is 5.91 Å². The van der Waals surface area contributed by atoms with Gasteiger partial charge in [0, 0.05) is 39.6 Å². The third-order valence-corrected chi connectivity index (χ3v) is 5.03. The number of hydrogen-bond acceptors (Lipinski definition) is 6. The van der Waals surface area contributed by atoms with Crippen molar-refractivity contribution in [1.29, 1.82) is 0 Å². The van der Waals surface area contributed by atoms with Crippen molar-refractivity contribution < 1.29 is 28.2 Å². The number of nitrogens with one attached hydrogen (secondary N) is 1. The minimum atomic E-state index is -0.575.